The maximum atomic E-state index is 13.5. The van der Waals surface area contributed by atoms with Crippen molar-refractivity contribution < 1.29 is 32.9 Å². The molecule has 1 saturated heterocycles. The lowest BCUT2D eigenvalue weighted by atomic mass is 9.97. The van der Waals surface area contributed by atoms with Gasteiger partial charge in [0.15, 0.2) is 30.9 Å². The summed E-state index contributed by atoms with van der Waals surface area (Å²) >= 11 is 3.39. The monoisotopic (exact) mass is 677 g/mol. The highest BCUT2D eigenvalue weighted by molar-refractivity contribution is 9.10. The number of rotatable bonds is 12. The van der Waals surface area contributed by atoms with Gasteiger partial charge < -0.3 is 19.9 Å². The summed E-state index contributed by atoms with van der Waals surface area (Å²) in [5.41, 5.74) is 5.87. The molecule has 12 nitrogen and oxygen atoms in total. The van der Waals surface area contributed by atoms with Gasteiger partial charge in [-0.25, -0.2) is 4.79 Å². The van der Waals surface area contributed by atoms with E-state index in [9.17, 15) is 14.5 Å². The molecule has 1 aliphatic heterocycles. The molecule has 0 spiro atoms. The molecule has 0 amide bonds. The number of hydrogen-bond acceptors (Lipinski definition) is 11. The number of anilines is 1. The van der Waals surface area contributed by atoms with Crippen molar-refractivity contribution >= 4 is 35.8 Å². The first-order valence-corrected chi connectivity index (χ1v) is 16.5. The van der Waals surface area contributed by atoms with Crippen LogP contribution >= 0.6 is 24.0 Å². The van der Waals surface area contributed by atoms with E-state index in [1.807, 2.05) is 30.3 Å². The largest absolute Gasteiger partial charge is 0.544 e. The molecule has 5 rings (SSSR count). The number of hydrogen-bond donors (Lipinski definition) is 3. The van der Waals surface area contributed by atoms with Crippen LogP contribution in [0.2, 0.25) is 0 Å². The van der Waals surface area contributed by atoms with Gasteiger partial charge in [-0.05, 0) is 61.6 Å². The SMILES string of the molecule is Nc1ccn([C@@H]2CO[C@H](CO[P+](O)(N[C@@H](Cc3ccccc3)C(=O)OC3CCCCC3)Oc3ccc(Br)cc3)O2)c(=O)n1. The Kier molecular flexibility index (Phi) is 10.8. The molecule has 1 aliphatic carbocycles. The van der Waals surface area contributed by atoms with Gasteiger partial charge in [-0.15, -0.1) is 0 Å². The van der Waals surface area contributed by atoms with Gasteiger partial charge in [-0.2, -0.15) is 14.4 Å². The Bertz CT molecular complexity index is 1410. The van der Waals surface area contributed by atoms with E-state index in [4.69, 9.17) is 29.0 Å². The summed E-state index contributed by atoms with van der Waals surface area (Å²) in [5, 5.41) is 2.96. The van der Waals surface area contributed by atoms with Gasteiger partial charge in [0.1, 0.15) is 11.9 Å². The molecular weight excluding hydrogens is 643 g/mol. The summed E-state index contributed by atoms with van der Waals surface area (Å²) in [6.07, 6.45) is 4.54. The lowest BCUT2D eigenvalue weighted by Gasteiger charge is -2.26. The molecule has 14 heteroatoms. The fourth-order valence-electron chi connectivity index (χ4n) is 4.87. The van der Waals surface area contributed by atoms with Crippen molar-refractivity contribution in [2.45, 2.75) is 63.2 Å². The van der Waals surface area contributed by atoms with E-state index in [0.29, 0.717) is 5.75 Å². The number of carbonyl (C=O) groups is 1. The maximum absolute atomic E-state index is 13.5. The zero-order valence-electron chi connectivity index (χ0n) is 23.4. The number of nitrogen functional groups attached to an aromatic ring is 1. The Morgan fingerprint density at radius 2 is 1.88 bits per heavy atom. The summed E-state index contributed by atoms with van der Waals surface area (Å²) in [6.45, 7) is -0.223. The molecular formula is C29H35BrN4O8P+. The molecule has 2 fully saturated rings. The minimum Gasteiger partial charge on any atom is -0.461 e. The van der Waals surface area contributed by atoms with Crippen molar-refractivity contribution in [3.8, 4) is 5.75 Å². The number of ether oxygens (including phenoxy) is 3. The fraction of sp³-hybridized carbons (Fsp3) is 0.414. The van der Waals surface area contributed by atoms with Crippen molar-refractivity contribution in [3.05, 3.63) is 87.4 Å². The highest BCUT2D eigenvalue weighted by Gasteiger charge is 2.49. The lowest BCUT2D eigenvalue weighted by Crippen LogP contribution is -2.43. The number of esters is 1. The molecule has 1 unspecified atom stereocenters. The van der Waals surface area contributed by atoms with Crippen molar-refractivity contribution in [2.75, 3.05) is 18.9 Å². The number of nitrogens with two attached hydrogens (primary N) is 1. The second kappa shape index (κ2) is 14.7. The molecule has 230 valence electrons. The number of carbonyl (C=O) groups excluding carboxylic acids is 1. The molecule has 1 aromatic heterocycles. The summed E-state index contributed by atoms with van der Waals surface area (Å²) < 4.78 is 31.4. The zero-order valence-corrected chi connectivity index (χ0v) is 25.9. The normalized spacial score (nSPS) is 21.2. The van der Waals surface area contributed by atoms with Gasteiger partial charge in [0, 0.05) is 17.1 Å². The third kappa shape index (κ3) is 9.05. The first-order valence-electron chi connectivity index (χ1n) is 14.1. The van der Waals surface area contributed by atoms with Crippen LogP contribution in [0.1, 0.15) is 43.9 Å². The molecule has 2 aliphatic rings. The van der Waals surface area contributed by atoms with E-state index in [-0.39, 0.29) is 31.6 Å². The van der Waals surface area contributed by atoms with Crippen molar-refractivity contribution in [2.24, 2.45) is 0 Å². The van der Waals surface area contributed by atoms with Crippen LogP contribution in [-0.2, 0) is 29.9 Å². The quantitative estimate of drug-likeness (QED) is 0.185. The Hall–Kier alpha value is -2.90. The first kappa shape index (κ1) is 31.5. The molecule has 0 bridgehead atoms. The van der Waals surface area contributed by atoms with E-state index in [0.717, 1.165) is 42.1 Å². The minimum atomic E-state index is -3.99. The molecule has 1 saturated carbocycles. The van der Waals surface area contributed by atoms with Crippen molar-refractivity contribution in [3.63, 3.8) is 0 Å². The summed E-state index contributed by atoms with van der Waals surface area (Å²) in [4.78, 5) is 41.3. The summed E-state index contributed by atoms with van der Waals surface area (Å²) in [5.74, 6) is -0.0877. The lowest BCUT2D eigenvalue weighted by molar-refractivity contribution is -0.152. The smallest absolute Gasteiger partial charge is 0.461 e. The molecule has 3 aromatic rings. The topological polar surface area (TPSA) is 156 Å². The molecule has 2 aromatic carbocycles. The van der Waals surface area contributed by atoms with Crippen LogP contribution in [0.15, 0.2) is 76.1 Å². The second-order valence-electron chi connectivity index (χ2n) is 10.3. The van der Waals surface area contributed by atoms with Crippen LogP contribution in [0, 0.1) is 0 Å². The van der Waals surface area contributed by atoms with Crippen LogP contribution in [0.5, 0.6) is 5.75 Å². The van der Waals surface area contributed by atoms with Gasteiger partial charge >= 0.3 is 19.8 Å². The van der Waals surface area contributed by atoms with E-state index >= 15 is 0 Å². The van der Waals surface area contributed by atoms with Crippen molar-refractivity contribution in [1.29, 1.82) is 0 Å². The van der Waals surface area contributed by atoms with E-state index < -0.39 is 38.3 Å². The summed E-state index contributed by atoms with van der Waals surface area (Å²) in [7, 11) is -3.99. The Morgan fingerprint density at radius 3 is 2.60 bits per heavy atom. The Morgan fingerprint density at radius 1 is 1.14 bits per heavy atom. The van der Waals surface area contributed by atoms with E-state index in [1.54, 1.807) is 24.3 Å². The fourth-order valence-corrected chi connectivity index (χ4v) is 6.64. The predicted molar refractivity (Wildman–Crippen MR) is 163 cm³/mol. The van der Waals surface area contributed by atoms with E-state index in [2.05, 4.69) is 26.0 Å². The van der Waals surface area contributed by atoms with Crippen LogP contribution < -0.4 is 21.0 Å². The zero-order chi connectivity index (χ0) is 30.2. The van der Waals surface area contributed by atoms with Crippen LogP contribution in [-0.4, -0.2) is 52.1 Å². The Labute approximate surface area is 258 Å². The first-order chi connectivity index (χ1) is 20.8. The molecule has 2 heterocycles. The number of aromatic nitrogens is 2. The van der Waals surface area contributed by atoms with Crippen LogP contribution in [0.25, 0.3) is 0 Å². The number of nitrogens with zero attached hydrogens (tertiary/aromatic N) is 2. The van der Waals surface area contributed by atoms with Crippen molar-refractivity contribution in [1.82, 2.24) is 14.6 Å². The van der Waals surface area contributed by atoms with Crippen LogP contribution in [0.4, 0.5) is 5.82 Å². The number of halogens is 1. The number of nitrogens with one attached hydrogen (secondary N) is 1. The van der Waals surface area contributed by atoms with Gasteiger partial charge in [-0.1, -0.05) is 57.8 Å². The van der Waals surface area contributed by atoms with Gasteiger partial charge in [0.2, 0.25) is 0 Å². The molecule has 43 heavy (non-hydrogen) atoms. The third-order valence-corrected chi connectivity index (χ3v) is 9.17. The average Bonchev–Trinajstić information content (AvgIpc) is 3.47. The maximum Gasteiger partial charge on any atom is 0.544 e. The van der Waals surface area contributed by atoms with Gasteiger partial charge in [-0.3, -0.25) is 13.9 Å². The average molecular weight is 678 g/mol. The van der Waals surface area contributed by atoms with Crippen LogP contribution in [0.3, 0.4) is 0 Å². The van der Waals surface area contributed by atoms with E-state index in [1.165, 1.54) is 16.8 Å². The predicted octanol–water partition coefficient (Wildman–Crippen LogP) is 4.30. The molecule has 4 atom stereocenters. The summed E-state index contributed by atoms with van der Waals surface area (Å²) in [6, 6.07) is 16.8. The highest BCUT2D eigenvalue weighted by Crippen LogP contribution is 2.53. The van der Waals surface area contributed by atoms with Gasteiger partial charge in [0.05, 0.1) is 6.61 Å². The minimum absolute atomic E-state index is 0.0434. The Balaban J connectivity index is 1.32. The number of benzene rings is 2. The van der Waals surface area contributed by atoms with Gasteiger partial charge in [0.25, 0.3) is 0 Å². The standard InChI is InChI=1S/C29H34BrN4O8P/c30-21-11-13-23(14-12-21)42-43(37,39-19-27-38-18-26(41-27)34-16-15-25(31)32-29(34)36)33-24(17-20-7-3-1-4-8-20)28(35)40-22-9-5-2-6-10-22/h1,3-4,7-8,11-16,22,24,26-27,33,37H,2,5-6,9-10,17-19H2,(H-,31,32,36)/p+1/t24-,26-,27-,43?/m0/s1. The third-order valence-electron chi connectivity index (χ3n) is 7.04. The molecule has 0 radical (unpaired) electrons. The highest BCUT2D eigenvalue weighted by atomic mass is 79.9. The second-order valence-corrected chi connectivity index (χ2v) is 13.0. The molecule has 4 N–H and O–H groups in total.